The van der Waals surface area contributed by atoms with Crippen LogP contribution in [0.1, 0.15) is 5.56 Å². The Morgan fingerprint density at radius 3 is 2.29 bits per heavy atom. The number of aryl methyl sites for hydroxylation is 1. The molecule has 17 heavy (non-hydrogen) atoms. The zero-order chi connectivity index (χ0) is 12.6. The van der Waals surface area contributed by atoms with Crippen LogP contribution in [-0.2, 0) is 0 Å². The molecule has 0 unspecified atom stereocenters. The lowest BCUT2D eigenvalue weighted by atomic mass is 10.0. The van der Waals surface area contributed by atoms with Crippen molar-refractivity contribution in [2.75, 3.05) is 5.73 Å². The Labute approximate surface area is 96.7 Å². The first-order chi connectivity index (χ1) is 8.00. The lowest BCUT2D eigenvalue weighted by molar-refractivity contribution is 0.579. The van der Waals surface area contributed by atoms with Crippen molar-refractivity contribution >= 4 is 5.69 Å². The minimum atomic E-state index is -0.759. The number of anilines is 1. The summed E-state index contributed by atoms with van der Waals surface area (Å²) in [5, 5.41) is 0. The van der Waals surface area contributed by atoms with E-state index in [0.717, 1.165) is 6.07 Å². The highest BCUT2D eigenvalue weighted by Gasteiger charge is 2.13. The smallest absolute Gasteiger partial charge is 0.146 e. The van der Waals surface area contributed by atoms with E-state index in [4.69, 9.17) is 5.73 Å². The third-order valence-corrected chi connectivity index (χ3v) is 2.59. The molecule has 2 rings (SSSR count). The number of hydrogen-bond acceptors (Lipinski definition) is 1. The van der Waals surface area contributed by atoms with Crippen molar-refractivity contribution in [1.82, 2.24) is 0 Å². The van der Waals surface area contributed by atoms with Gasteiger partial charge in [0.2, 0.25) is 0 Å². The van der Waals surface area contributed by atoms with Crippen molar-refractivity contribution in [2.24, 2.45) is 0 Å². The molecule has 2 aromatic carbocycles. The van der Waals surface area contributed by atoms with Crippen LogP contribution < -0.4 is 5.73 Å². The van der Waals surface area contributed by atoms with Gasteiger partial charge in [-0.15, -0.1) is 0 Å². The highest BCUT2D eigenvalue weighted by Crippen LogP contribution is 2.31. The van der Waals surface area contributed by atoms with Crippen molar-refractivity contribution in [3.8, 4) is 11.1 Å². The molecule has 1 nitrogen and oxygen atoms in total. The number of nitrogen functional groups attached to an aromatic ring is 1. The number of halogens is 3. The standard InChI is InChI=1S/C13H10F3N/c1-7-5-9(12(16)6-11(7)15)8-3-2-4-10(14)13(8)17/h2-6H,17H2,1H3. The largest absolute Gasteiger partial charge is 0.396 e. The SMILES string of the molecule is Cc1cc(-c2cccc(F)c2N)c(F)cc1F. The zero-order valence-electron chi connectivity index (χ0n) is 9.10. The van der Waals surface area contributed by atoms with Crippen LogP contribution in [0.5, 0.6) is 0 Å². The van der Waals surface area contributed by atoms with Gasteiger partial charge in [-0.3, -0.25) is 0 Å². The molecule has 0 atom stereocenters. The third-order valence-electron chi connectivity index (χ3n) is 2.59. The molecule has 0 heterocycles. The first-order valence-electron chi connectivity index (χ1n) is 5.00. The molecule has 0 fully saturated rings. The molecule has 0 bridgehead atoms. The van der Waals surface area contributed by atoms with Crippen LogP contribution >= 0.6 is 0 Å². The minimum Gasteiger partial charge on any atom is -0.396 e. The van der Waals surface area contributed by atoms with Crippen molar-refractivity contribution in [3.63, 3.8) is 0 Å². The molecule has 0 saturated carbocycles. The fourth-order valence-electron chi connectivity index (χ4n) is 1.64. The first kappa shape index (κ1) is 11.5. The Bertz CT molecular complexity index is 579. The van der Waals surface area contributed by atoms with Crippen molar-refractivity contribution in [1.29, 1.82) is 0 Å². The fourth-order valence-corrected chi connectivity index (χ4v) is 1.64. The predicted molar refractivity (Wildman–Crippen MR) is 60.9 cm³/mol. The molecular weight excluding hydrogens is 227 g/mol. The molecule has 0 aliphatic heterocycles. The summed E-state index contributed by atoms with van der Waals surface area (Å²) in [6, 6.07) is 6.20. The van der Waals surface area contributed by atoms with E-state index in [0.29, 0.717) is 0 Å². The van der Waals surface area contributed by atoms with Crippen LogP contribution in [0.3, 0.4) is 0 Å². The van der Waals surface area contributed by atoms with Crippen LogP contribution in [0.4, 0.5) is 18.9 Å². The summed E-state index contributed by atoms with van der Waals surface area (Å²) in [5.41, 5.74) is 6.00. The van der Waals surface area contributed by atoms with Gasteiger partial charge in [0.1, 0.15) is 17.5 Å². The second kappa shape index (κ2) is 4.13. The lowest BCUT2D eigenvalue weighted by Gasteiger charge is -2.09. The highest BCUT2D eigenvalue weighted by molar-refractivity contribution is 5.77. The van der Waals surface area contributed by atoms with Crippen LogP contribution in [0.15, 0.2) is 30.3 Å². The van der Waals surface area contributed by atoms with Gasteiger partial charge in [0.05, 0.1) is 5.69 Å². The summed E-state index contributed by atoms with van der Waals surface area (Å²) in [7, 11) is 0. The Balaban J connectivity index is 2.69. The summed E-state index contributed by atoms with van der Waals surface area (Å²) in [5.74, 6) is -2.02. The maximum absolute atomic E-state index is 13.6. The number of rotatable bonds is 1. The highest BCUT2D eigenvalue weighted by atomic mass is 19.1. The summed E-state index contributed by atoms with van der Waals surface area (Å²) < 4.78 is 40.0. The van der Waals surface area contributed by atoms with Gasteiger partial charge in [-0.2, -0.15) is 0 Å². The molecular formula is C13H10F3N. The molecule has 0 aromatic heterocycles. The van der Waals surface area contributed by atoms with Crippen molar-refractivity contribution in [2.45, 2.75) is 6.92 Å². The van der Waals surface area contributed by atoms with Crippen LogP contribution in [0.25, 0.3) is 11.1 Å². The molecule has 0 aliphatic carbocycles. The Kier molecular flexibility index (Phi) is 2.79. The first-order valence-corrected chi connectivity index (χ1v) is 5.00. The normalized spacial score (nSPS) is 10.6. The van der Waals surface area contributed by atoms with Gasteiger partial charge in [-0.25, -0.2) is 13.2 Å². The molecule has 0 spiro atoms. The van der Waals surface area contributed by atoms with Crippen molar-refractivity contribution < 1.29 is 13.2 Å². The number of benzene rings is 2. The van der Waals surface area contributed by atoms with Gasteiger partial charge in [0, 0.05) is 17.2 Å². The molecule has 0 radical (unpaired) electrons. The number of hydrogen-bond donors (Lipinski definition) is 1. The van der Waals surface area contributed by atoms with E-state index in [1.54, 1.807) is 0 Å². The number of para-hydroxylation sites is 1. The Morgan fingerprint density at radius 2 is 1.59 bits per heavy atom. The maximum Gasteiger partial charge on any atom is 0.146 e. The summed E-state index contributed by atoms with van der Waals surface area (Å²) in [4.78, 5) is 0. The lowest BCUT2D eigenvalue weighted by Crippen LogP contribution is -1.97. The second-order valence-electron chi connectivity index (χ2n) is 3.78. The summed E-state index contributed by atoms with van der Waals surface area (Å²) in [6.07, 6.45) is 0. The van der Waals surface area contributed by atoms with E-state index >= 15 is 0 Å². The zero-order valence-corrected chi connectivity index (χ0v) is 9.10. The molecule has 0 aliphatic rings. The second-order valence-corrected chi connectivity index (χ2v) is 3.78. The van der Waals surface area contributed by atoms with Gasteiger partial charge in [0.25, 0.3) is 0 Å². The van der Waals surface area contributed by atoms with Gasteiger partial charge in [-0.1, -0.05) is 12.1 Å². The molecule has 2 aromatic rings. The molecule has 4 heteroatoms. The van der Waals surface area contributed by atoms with E-state index in [2.05, 4.69) is 0 Å². The minimum absolute atomic E-state index is 0.0981. The van der Waals surface area contributed by atoms with E-state index in [-0.39, 0.29) is 22.4 Å². The molecule has 2 N–H and O–H groups in total. The summed E-state index contributed by atoms with van der Waals surface area (Å²) in [6.45, 7) is 1.51. The molecule has 88 valence electrons. The average molecular weight is 237 g/mol. The maximum atomic E-state index is 13.6. The van der Waals surface area contributed by atoms with Crippen molar-refractivity contribution in [3.05, 3.63) is 53.3 Å². The van der Waals surface area contributed by atoms with Crippen LogP contribution in [0, 0.1) is 24.4 Å². The third kappa shape index (κ3) is 1.98. The molecule has 0 amide bonds. The monoisotopic (exact) mass is 237 g/mol. The van der Waals surface area contributed by atoms with E-state index < -0.39 is 17.5 Å². The van der Waals surface area contributed by atoms with Crippen LogP contribution in [-0.4, -0.2) is 0 Å². The summed E-state index contributed by atoms with van der Waals surface area (Å²) >= 11 is 0. The Morgan fingerprint density at radius 1 is 0.882 bits per heavy atom. The van der Waals surface area contributed by atoms with E-state index in [9.17, 15) is 13.2 Å². The van der Waals surface area contributed by atoms with E-state index in [1.165, 1.54) is 31.2 Å². The molecule has 0 saturated heterocycles. The van der Waals surface area contributed by atoms with Gasteiger partial charge >= 0.3 is 0 Å². The van der Waals surface area contributed by atoms with Gasteiger partial charge in [-0.05, 0) is 24.6 Å². The fraction of sp³-hybridized carbons (Fsp3) is 0.0769. The van der Waals surface area contributed by atoms with Crippen LogP contribution in [0.2, 0.25) is 0 Å². The number of nitrogens with two attached hydrogens (primary N) is 1. The average Bonchev–Trinajstić information content (AvgIpc) is 2.28. The quantitative estimate of drug-likeness (QED) is 0.752. The predicted octanol–water partition coefficient (Wildman–Crippen LogP) is 3.66. The van der Waals surface area contributed by atoms with E-state index in [1.807, 2.05) is 0 Å². The van der Waals surface area contributed by atoms with Gasteiger partial charge < -0.3 is 5.73 Å². The topological polar surface area (TPSA) is 26.0 Å². The Hall–Kier alpha value is -1.97. The van der Waals surface area contributed by atoms with Gasteiger partial charge in [0.15, 0.2) is 0 Å².